The summed E-state index contributed by atoms with van der Waals surface area (Å²) in [4.78, 5) is 31.1. The summed E-state index contributed by atoms with van der Waals surface area (Å²) in [5, 5.41) is 2.82. The van der Waals surface area contributed by atoms with Gasteiger partial charge in [-0.25, -0.2) is 4.98 Å². The number of anilines is 1. The smallest absolute Gasteiger partial charge is 0.243 e. The van der Waals surface area contributed by atoms with E-state index in [-0.39, 0.29) is 24.1 Å². The quantitative estimate of drug-likeness (QED) is 0.562. The second-order valence-electron chi connectivity index (χ2n) is 6.55. The van der Waals surface area contributed by atoms with Crippen LogP contribution < -0.4 is 14.8 Å². The maximum Gasteiger partial charge on any atom is 0.243 e. The summed E-state index contributed by atoms with van der Waals surface area (Å²) < 4.78 is 13.0. The molecule has 0 bridgehead atoms. The first-order valence-corrected chi connectivity index (χ1v) is 11.4. The fraction of sp³-hybridized carbons (Fsp3) is 0.286. The SMILES string of the molecule is CCN(CC(=O)Nc1ccc2c(c1)OCCO2)C(=O)CSc1nc2ccccc2s1. The molecule has 4 rings (SSSR count). The number of aromatic nitrogens is 1. The number of hydrogen-bond acceptors (Lipinski definition) is 7. The summed E-state index contributed by atoms with van der Waals surface area (Å²) >= 11 is 2.96. The fourth-order valence-electron chi connectivity index (χ4n) is 3.00. The number of carbonyl (C=O) groups excluding carboxylic acids is 2. The van der Waals surface area contributed by atoms with Crippen molar-refractivity contribution >= 4 is 50.8 Å². The highest BCUT2D eigenvalue weighted by molar-refractivity contribution is 8.01. The third-order valence-corrected chi connectivity index (χ3v) is 6.65. The zero-order chi connectivity index (χ0) is 20.9. The van der Waals surface area contributed by atoms with E-state index >= 15 is 0 Å². The number of likely N-dealkylation sites (N-methyl/N-ethyl adjacent to an activating group) is 1. The maximum atomic E-state index is 12.6. The Labute approximate surface area is 182 Å². The van der Waals surface area contributed by atoms with E-state index < -0.39 is 0 Å². The zero-order valence-electron chi connectivity index (χ0n) is 16.4. The topological polar surface area (TPSA) is 80.8 Å². The summed E-state index contributed by atoms with van der Waals surface area (Å²) in [7, 11) is 0. The van der Waals surface area contributed by atoms with E-state index in [1.54, 1.807) is 29.5 Å². The molecule has 1 aromatic heterocycles. The van der Waals surface area contributed by atoms with Gasteiger partial charge in [0.05, 0.1) is 22.5 Å². The van der Waals surface area contributed by atoms with Gasteiger partial charge in [-0.1, -0.05) is 23.9 Å². The number of thiazole rings is 1. The van der Waals surface area contributed by atoms with Gasteiger partial charge in [0.15, 0.2) is 15.8 Å². The van der Waals surface area contributed by atoms with Crippen molar-refractivity contribution in [2.75, 3.05) is 37.4 Å². The molecule has 30 heavy (non-hydrogen) atoms. The number of amides is 2. The van der Waals surface area contributed by atoms with Crippen LogP contribution in [0.1, 0.15) is 6.92 Å². The van der Waals surface area contributed by atoms with Gasteiger partial charge in [-0.05, 0) is 31.2 Å². The first kappa shape index (κ1) is 20.5. The monoisotopic (exact) mass is 443 g/mol. The molecule has 1 aliphatic rings. The number of thioether (sulfide) groups is 1. The summed E-state index contributed by atoms with van der Waals surface area (Å²) in [6.45, 7) is 3.30. The van der Waals surface area contributed by atoms with E-state index in [2.05, 4.69) is 10.3 Å². The number of hydrogen-bond donors (Lipinski definition) is 1. The second kappa shape index (κ2) is 9.36. The van der Waals surface area contributed by atoms with Gasteiger partial charge in [-0.2, -0.15) is 0 Å². The minimum atomic E-state index is -0.258. The van der Waals surface area contributed by atoms with Crippen LogP contribution in [-0.2, 0) is 9.59 Å². The molecular weight excluding hydrogens is 422 g/mol. The van der Waals surface area contributed by atoms with Crippen LogP contribution in [-0.4, -0.2) is 53.8 Å². The lowest BCUT2D eigenvalue weighted by Crippen LogP contribution is -2.38. The molecular formula is C21H21N3O4S2. The molecule has 2 heterocycles. The van der Waals surface area contributed by atoms with Crippen molar-refractivity contribution in [3.05, 3.63) is 42.5 Å². The Hall–Kier alpha value is -2.78. The van der Waals surface area contributed by atoms with Gasteiger partial charge >= 0.3 is 0 Å². The Bertz CT molecular complexity index is 1040. The molecule has 0 atom stereocenters. The van der Waals surface area contributed by atoms with Gasteiger partial charge in [0.2, 0.25) is 11.8 Å². The Morgan fingerprint density at radius 1 is 1.17 bits per heavy atom. The number of nitrogens with one attached hydrogen (secondary N) is 1. The number of fused-ring (bicyclic) bond motifs is 2. The zero-order valence-corrected chi connectivity index (χ0v) is 18.1. The lowest BCUT2D eigenvalue weighted by Gasteiger charge is -2.21. The number of nitrogens with zero attached hydrogens (tertiary/aromatic N) is 2. The van der Waals surface area contributed by atoms with E-state index in [1.807, 2.05) is 31.2 Å². The first-order valence-electron chi connectivity index (χ1n) is 9.58. The Kier molecular flexibility index (Phi) is 6.39. The molecule has 0 saturated carbocycles. The highest BCUT2D eigenvalue weighted by atomic mass is 32.2. The van der Waals surface area contributed by atoms with Crippen LogP contribution in [0, 0.1) is 0 Å². The molecule has 1 aliphatic heterocycles. The van der Waals surface area contributed by atoms with Gasteiger partial charge in [-0.3, -0.25) is 9.59 Å². The van der Waals surface area contributed by atoms with E-state index in [9.17, 15) is 9.59 Å². The number of para-hydroxylation sites is 1. The van der Waals surface area contributed by atoms with E-state index in [1.165, 1.54) is 16.7 Å². The van der Waals surface area contributed by atoms with Gasteiger partial charge < -0.3 is 19.7 Å². The van der Waals surface area contributed by atoms with Crippen LogP contribution in [0.15, 0.2) is 46.8 Å². The average molecular weight is 444 g/mol. The molecule has 0 unspecified atom stereocenters. The summed E-state index contributed by atoms with van der Waals surface area (Å²) in [6, 6.07) is 13.1. The van der Waals surface area contributed by atoms with Crippen LogP contribution in [0.3, 0.4) is 0 Å². The van der Waals surface area contributed by atoms with Crippen LogP contribution >= 0.6 is 23.1 Å². The molecule has 3 aromatic rings. The maximum absolute atomic E-state index is 12.6. The first-order chi connectivity index (χ1) is 14.6. The Balaban J connectivity index is 1.31. The van der Waals surface area contributed by atoms with Crippen molar-refractivity contribution in [2.45, 2.75) is 11.3 Å². The lowest BCUT2D eigenvalue weighted by atomic mass is 10.2. The van der Waals surface area contributed by atoms with Crippen LogP contribution in [0.5, 0.6) is 11.5 Å². The van der Waals surface area contributed by atoms with Crippen molar-refractivity contribution in [1.82, 2.24) is 9.88 Å². The number of carbonyl (C=O) groups is 2. The molecule has 0 spiro atoms. The number of benzene rings is 2. The molecule has 0 aliphatic carbocycles. The predicted octanol–water partition coefficient (Wildman–Crippen LogP) is 3.65. The Morgan fingerprint density at radius 2 is 1.97 bits per heavy atom. The third-order valence-electron chi connectivity index (χ3n) is 4.49. The minimum Gasteiger partial charge on any atom is -0.486 e. The van der Waals surface area contributed by atoms with Gasteiger partial charge in [-0.15, -0.1) is 11.3 Å². The number of ether oxygens (including phenoxy) is 2. The highest BCUT2D eigenvalue weighted by Crippen LogP contribution is 2.32. The molecule has 1 N–H and O–H groups in total. The second-order valence-corrected chi connectivity index (χ2v) is 8.80. The molecule has 2 amide bonds. The molecule has 156 valence electrons. The molecule has 0 fully saturated rings. The number of rotatable bonds is 7. The van der Waals surface area contributed by atoms with Crippen molar-refractivity contribution < 1.29 is 19.1 Å². The normalized spacial score (nSPS) is 12.6. The average Bonchev–Trinajstić information content (AvgIpc) is 3.19. The lowest BCUT2D eigenvalue weighted by molar-refractivity contribution is -0.132. The highest BCUT2D eigenvalue weighted by Gasteiger charge is 2.18. The van der Waals surface area contributed by atoms with Gasteiger partial charge in [0.25, 0.3) is 0 Å². The van der Waals surface area contributed by atoms with Crippen LogP contribution in [0.25, 0.3) is 10.2 Å². The van der Waals surface area contributed by atoms with E-state index in [4.69, 9.17) is 9.47 Å². The van der Waals surface area contributed by atoms with Crippen molar-refractivity contribution in [3.63, 3.8) is 0 Å². The fourth-order valence-corrected chi connectivity index (χ4v) is 4.97. The molecule has 2 aromatic carbocycles. The molecule has 0 saturated heterocycles. The van der Waals surface area contributed by atoms with Crippen LogP contribution in [0.4, 0.5) is 5.69 Å². The van der Waals surface area contributed by atoms with Crippen LogP contribution in [0.2, 0.25) is 0 Å². The summed E-state index contributed by atoms with van der Waals surface area (Å²) in [5.74, 6) is 1.16. The summed E-state index contributed by atoms with van der Waals surface area (Å²) in [6.07, 6.45) is 0. The van der Waals surface area contributed by atoms with Gasteiger partial charge in [0.1, 0.15) is 13.2 Å². The van der Waals surface area contributed by atoms with Crippen molar-refractivity contribution in [2.24, 2.45) is 0 Å². The standard InChI is InChI=1S/C21H21N3O4S2/c1-2-24(20(26)13-29-21-23-15-5-3-4-6-18(15)30-21)12-19(25)22-14-7-8-16-17(11-14)28-10-9-27-16/h3-8,11H,2,9-10,12-13H2,1H3,(H,22,25). The van der Waals surface area contributed by atoms with Gasteiger partial charge in [0, 0.05) is 18.3 Å². The third kappa shape index (κ3) is 4.85. The summed E-state index contributed by atoms with van der Waals surface area (Å²) in [5.41, 5.74) is 1.54. The molecule has 7 nitrogen and oxygen atoms in total. The van der Waals surface area contributed by atoms with Crippen molar-refractivity contribution in [1.29, 1.82) is 0 Å². The molecule has 9 heteroatoms. The largest absolute Gasteiger partial charge is 0.486 e. The Morgan fingerprint density at radius 3 is 2.77 bits per heavy atom. The van der Waals surface area contributed by atoms with E-state index in [0.29, 0.717) is 36.9 Å². The van der Waals surface area contributed by atoms with Crippen molar-refractivity contribution in [3.8, 4) is 11.5 Å². The molecule has 0 radical (unpaired) electrons. The predicted molar refractivity (Wildman–Crippen MR) is 119 cm³/mol. The minimum absolute atomic E-state index is 0.00974. The van der Waals surface area contributed by atoms with E-state index in [0.717, 1.165) is 14.6 Å².